The molecule has 0 aliphatic carbocycles. The highest BCUT2D eigenvalue weighted by Gasteiger charge is 2.02. The average Bonchev–Trinajstić information content (AvgIpc) is 2.09. The highest BCUT2D eigenvalue weighted by Crippen LogP contribution is 2.01. The fourth-order valence-corrected chi connectivity index (χ4v) is 0.929. The van der Waals surface area contributed by atoms with E-state index in [1.807, 2.05) is 6.92 Å². The Hall–Kier alpha value is -1.23. The number of halogens is 1. The third kappa shape index (κ3) is 3.33. The molecule has 0 fully saturated rings. The minimum atomic E-state index is -0.433. The Morgan fingerprint density at radius 2 is 2.15 bits per heavy atom. The van der Waals surface area contributed by atoms with Gasteiger partial charge in [-0.3, -0.25) is 0 Å². The van der Waals surface area contributed by atoms with E-state index in [9.17, 15) is 4.39 Å². The van der Waals surface area contributed by atoms with Crippen LogP contribution >= 0.6 is 0 Å². The van der Waals surface area contributed by atoms with E-state index in [2.05, 4.69) is 15.3 Å². The fraction of sp³-hybridized carbons (Fsp3) is 0.500. The van der Waals surface area contributed by atoms with Crippen LogP contribution in [0.1, 0.15) is 13.3 Å². The number of nitrogens with two attached hydrogens (primary N) is 1. The van der Waals surface area contributed by atoms with Gasteiger partial charge in [-0.15, -0.1) is 0 Å². The van der Waals surface area contributed by atoms with Gasteiger partial charge < -0.3 is 11.1 Å². The maximum absolute atomic E-state index is 12.4. The SMILES string of the molecule is CC(CCN)Nc1ncc(F)cn1. The molecule has 0 aromatic carbocycles. The predicted molar refractivity (Wildman–Crippen MR) is 48.7 cm³/mol. The third-order valence-electron chi connectivity index (χ3n) is 1.60. The minimum absolute atomic E-state index is 0.204. The molecule has 0 radical (unpaired) electrons. The molecule has 4 nitrogen and oxygen atoms in total. The van der Waals surface area contributed by atoms with Gasteiger partial charge in [-0.2, -0.15) is 0 Å². The zero-order valence-electron chi connectivity index (χ0n) is 7.50. The molecule has 1 heterocycles. The Morgan fingerprint density at radius 1 is 1.54 bits per heavy atom. The molecule has 72 valence electrons. The van der Waals surface area contributed by atoms with Crippen LogP contribution in [0.2, 0.25) is 0 Å². The van der Waals surface area contributed by atoms with Crippen LogP contribution in [0.15, 0.2) is 12.4 Å². The van der Waals surface area contributed by atoms with Crippen molar-refractivity contribution in [2.45, 2.75) is 19.4 Å². The molecule has 0 saturated carbocycles. The quantitative estimate of drug-likeness (QED) is 0.725. The second-order valence-electron chi connectivity index (χ2n) is 2.85. The molecule has 0 saturated heterocycles. The van der Waals surface area contributed by atoms with Gasteiger partial charge in [0.05, 0.1) is 12.4 Å². The molecule has 1 unspecified atom stereocenters. The molecule has 5 heteroatoms. The van der Waals surface area contributed by atoms with Crippen molar-refractivity contribution in [1.82, 2.24) is 9.97 Å². The molecule has 0 amide bonds. The number of nitrogens with one attached hydrogen (secondary N) is 1. The maximum Gasteiger partial charge on any atom is 0.222 e. The van der Waals surface area contributed by atoms with E-state index >= 15 is 0 Å². The van der Waals surface area contributed by atoms with E-state index in [1.165, 1.54) is 0 Å². The molecule has 1 rings (SSSR count). The lowest BCUT2D eigenvalue weighted by atomic mass is 10.2. The molecule has 0 spiro atoms. The summed E-state index contributed by atoms with van der Waals surface area (Å²) in [7, 11) is 0. The first kappa shape index (κ1) is 9.85. The molecule has 1 aromatic heterocycles. The zero-order valence-corrected chi connectivity index (χ0v) is 7.50. The van der Waals surface area contributed by atoms with Crippen molar-refractivity contribution >= 4 is 5.95 Å². The first-order valence-corrected chi connectivity index (χ1v) is 4.16. The summed E-state index contributed by atoms with van der Waals surface area (Å²) < 4.78 is 12.4. The van der Waals surface area contributed by atoms with Crippen LogP contribution in [-0.2, 0) is 0 Å². The van der Waals surface area contributed by atoms with Gasteiger partial charge in [0.15, 0.2) is 5.82 Å². The third-order valence-corrected chi connectivity index (χ3v) is 1.60. The number of aromatic nitrogens is 2. The molecular formula is C8H13FN4. The van der Waals surface area contributed by atoms with E-state index in [-0.39, 0.29) is 6.04 Å². The van der Waals surface area contributed by atoms with Crippen molar-refractivity contribution in [3.05, 3.63) is 18.2 Å². The number of hydrogen-bond acceptors (Lipinski definition) is 4. The Kier molecular flexibility index (Phi) is 3.57. The molecule has 13 heavy (non-hydrogen) atoms. The second-order valence-corrected chi connectivity index (χ2v) is 2.85. The van der Waals surface area contributed by atoms with Crippen LogP contribution in [-0.4, -0.2) is 22.6 Å². The van der Waals surface area contributed by atoms with Crippen molar-refractivity contribution in [2.75, 3.05) is 11.9 Å². The Labute approximate surface area is 76.4 Å². The van der Waals surface area contributed by atoms with Crippen LogP contribution in [0.3, 0.4) is 0 Å². The second kappa shape index (κ2) is 4.71. The Morgan fingerprint density at radius 3 is 2.69 bits per heavy atom. The summed E-state index contributed by atoms with van der Waals surface area (Å²) in [6, 6.07) is 0.204. The van der Waals surface area contributed by atoms with Crippen LogP contribution in [0.5, 0.6) is 0 Å². The van der Waals surface area contributed by atoms with Gasteiger partial charge in [-0.1, -0.05) is 0 Å². The lowest BCUT2D eigenvalue weighted by molar-refractivity contribution is 0.612. The minimum Gasteiger partial charge on any atom is -0.352 e. The summed E-state index contributed by atoms with van der Waals surface area (Å²) in [6.45, 7) is 2.58. The van der Waals surface area contributed by atoms with Crippen LogP contribution in [0.4, 0.5) is 10.3 Å². The summed E-state index contributed by atoms with van der Waals surface area (Å²) in [5, 5.41) is 3.00. The maximum atomic E-state index is 12.4. The Balaban J connectivity index is 2.49. The lowest BCUT2D eigenvalue weighted by Crippen LogP contribution is -2.20. The van der Waals surface area contributed by atoms with Gasteiger partial charge in [0.1, 0.15) is 0 Å². The normalized spacial score (nSPS) is 12.5. The van der Waals surface area contributed by atoms with Crippen LogP contribution in [0.25, 0.3) is 0 Å². The molecular weight excluding hydrogens is 171 g/mol. The molecule has 0 bridgehead atoms. The summed E-state index contributed by atoms with van der Waals surface area (Å²) >= 11 is 0. The van der Waals surface area contributed by atoms with Gasteiger partial charge in [0.25, 0.3) is 0 Å². The summed E-state index contributed by atoms with van der Waals surface area (Å²) in [5.74, 6) is -0.000576. The predicted octanol–water partition coefficient (Wildman–Crippen LogP) is 0.765. The zero-order chi connectivity index (χ0) is 9.68. The number of hydrogen-bond donors (Lipinski definition) is 2. The van der Waals surface area contributed by atoms with Crippen LogP contribution < -0.4 is 11.1 Å². The van der Waals surface area contributed by atoms with Gasteiger partial charge in [0.2, 0.25) is 5.95 Å². The highest BCUT2D eigenvalue weighted by atomic mass is 19.1. The van der Waals surface area contributed by atoms with Gasteiger partial charge >= 0.3 is 0 Å². The van der Waals surface area contributed by atoms with E-state index in [0.29, 0.717) is 12.5 Å². The molecule has 1 aromatic rings. The first-order chi connectivity index (χ1) is 6.22. The molecule has 0 aliphatic rings. The summed E-state index contributed by atoms with van der Waals surface area (Å²) in [6.07, 6.45) is 3.09. The molecule has 3 N–H and O–H groups in total. The monoisotopic (exact) mass is 184 g/mol. The lowest BCUT2D eigenvalue weighted by Gasteiger charge is -2.11. The molecule has 1 atom stereocenters. The average molecular weight is 184 g/mol. The highest BCUT2D eigenvalue weighted by molar-refractivity contribution is 5.23. The number of nitrogens with zero attached hydrogens (tertiary/aromatic N) is 2. The summed E-state index contributed by atoms with van der Waals surface area (Å²) in [5.41, 5.74) is 5.37. The number of rotatable bonds is 4. The molecule has 0 aliphatic heterocycles. The summed E-state index contributed by atoms with van der Waals surface area (Å²) in [4.78, 5) is 7.52. The number of anilines is 1. The van der Waals surface area contributed by atoms with E-state index in [1.54, 1.807) is 0 Å². The van der Waals surface area contributed by atoms with Gasteiger partial charge in [-0.05, 0) is 19.9 Å². The van der Waals surface area contributed by atoms with Gasteiger partial charge in [-0.25, -0.2) is 14.4 Å². The van der Waals surface area contributed by atoms with Crippen molar-refractivity contribution < 1.29 is 4.39 Å². The van der Waals surface area contributed by atoms with E-state index in [4.69, 9.17) is 5.73 Å². The van der Waals surface area contributed by atoms with E-state index < -0.39 is 5.82 Å². The van der Waals surface area contributed by atoms with E-state index in [0.717, 1.165) is 18.8 Å². The first-order valence-electron chi connectivity index (χ1n) is 4.16. The van der Waals surface area contributed by atoms with Crippen molar-refractivity contribution in [1.29, 1.82) is 0 Å². The fourth-order valence-electron chi connectivity index (χ4n) is 0.929. The van der Waals surface area contributed by atoms with Gasteiger partial charge in [0, 0.05) is 6.04 Å². The topological polar surface area (TPSA) is 63.8 Å². The van der Waals surface area contributed by atoms with Crippen molar-refractivity contribution in [3.8, 4) is 0 Å². The van der Waals surface area contributed by atoms with Crippen molar-refractivity contribution in [3.63, 3.8) is 0 Å². The largest absolute Gasteiger partial charge is 0.352 e. The smallest absolute Gasteiger partial charge is 0.222 e. The van der Waals surface area contributed by atoms with Crippen LogP contribution in [0, 0.1) is 5.82 Å². The van der Waals surface area contributed by atoms with Crippen molar-refractivity contribution in [2.24, 2.45) is 5.73 Å². The Bertz CT molecular complexity index is 249. The standard InChI is InChI=1S/C8H13FN4/c1-6(2-3-10)13-8-11-4-7(9)5-12-8/h4-6H,2-3,10H2,1H3,(H,11,12,13).